The molecule has 2 fully saturated rings. The summed E-state index contributed by atoms with van der Waals surface area (Å²) in [6.07, 6.45) is 2.00. The SMILES string of the molecule is C=CCN1CC(=O)N2[C@@H](Cc3ccc(O)cc3)C(=O)N(Cc3cccc(NS(C)(=O)=O)c3)C[C@@H]2N1C(=O)NCc1ccccc1. The van der Waals surface area contributed by atoms with Crippen LogP contribution in [0.25, 0.3) is 0 Å². The quantitative estimate of drug-likeness (QED) is 0.292. The highest BCUT2D eigenvalue weighted by Crippen LogP contribution is 2.30. The Kier molecular flexibility index (Phi) is 9.40. The molecule has 3 aromatic rings. The van der Waals surface area contributed by atoms with Crippen LogP contribution in [0.5, 0.6) is 5.75 Å². The van der Waals surface area contributed by atoms with Crippen LogP contribution in [0.2, 0.25) is 0 Å². The van der Waals surface area contributed by atoms with Gasteiger partial charge in [0, 0.05) is 31.7 Å². The molecule has 236 valence electrons. The summed E-state index contributed by atoms with van der Waals surface area (Å²) >= 11 is 0. The van der Waals surface area contributed by atoms with Gasteiger partial charge in [0.15, 0.2) is 0 Å². The predicted octanol–water partition coefficient (Wildman–Crippen LogP) is 2.50. The molecule has 0 aromatic heterocycles. The number of amides is 4. The number of hydrogen-bond donors (Lipinski definition) is 3. The maximum absolute atomic E-state index is 14.1. The summed E-state index contributed by atoms with van der Waals surface area (Å²) in [5.74, 6) is -0.535. The topological polar surface area (TPSA) is 143 Å². The van der Waals surface area contributed by atoms with Crippen LogP contribution in [0.15, 0.2) is 91.5 Å². The molecule has 2 saturated heterocycles. The Morgan fingerprint density at radius 2 is 1.71 bits per heavy atom. The van der Waals surface area contributed by atoms with E-state index in [9.17, 15) is 27.9 Å². The van der Waals surface area contributed by atoms with E-state index in [0.717, 1.165) is 17.4 Å². The van der Waals surface area contributed by atoms with Crippen LogP contribution in [-0.2, 0) is 39.1 Å². The average molecular weight is 633 g/mol. The standard InChI is InChI=1S/C32H36N6O6S/c1-3-16-36-22-30(40)37-28(18-23-12-14-27(39)15-13-23)31(41)35(20-25-10-7-11-26(17-25)34-45(2,43)44)21-29(37)38(36)32(42)33-19-24-8-5-4-6-9-24/h3-15,17,28-29,34,39H,1,16,18-22H2,2H3,(H,33,42)/t28-,29-/m0/s1. The van der Waals surface area contributed by atoms with Gasteiger partial charge in [-0.05, 0) is 41.0 Å². The van der Waals surface area contributed by atoms with E-state index < -0.39 is 28.3 Å². The van der Waals surface area contributed by atoms with Gasteiger partial charge in [-0.2, -0.15) is 0 Å². The van der Waals surface area contributed by atoms with Crippen LogP contribution in [0.1, 0.15) is 16.7 Å². The molecule has 2 heterocycles. The zero-order chi connectivity index (χ0) is 32.1. The Labute approximate surface area is 262 Å². The first-order valence-electron chi connectivity index (χ1n) is 14.4. The maximum Gasteiger partial charge on any atom is 0.334 e. The molecule has 45 heavy (non-hydrogen) atoms. The smallest absolute Gasteiger partial charge is 0.334 e. The number of fused-ring (bicyclic) bond motifs is 1. The third-order valence-corrected chi connectivity index (χ3v) is 8.24. The Hall–Kier alpha value is -4.88. The fourth-order valence-electron chi connectivity index (χ4n) is 5.72. The second kappa shape index (κ2) is 13.4. The van der Waals surface area contributed by atoms with Crippen molar-refractivity contribution in [2.24, 2.45) is 0 Å². The number of phenols is 1. The number of benzene rings is 3. The number of carbonyl (C=O) groups excluding carboxylic acids is 3. The fraction of sp³-hybridized carbons (Fsp3) is 0.281. The number of piperazine rings is 1. The number of aromatic hydroxyl groups is 1. The van der Waals surface area contributed by atoms with E-state index in [1.807, 2.05) is 30.3 Å². The molecule has 5 rings (SSSR count). The van der Waals surface area contributed by atoms with E-state index in [1.165, 1.54) is 22.0 Å². The normalized spacial score (nSPS) is 18.8. The Bertz CT molecular complexity index is 1670. The average Bonchev–Trinajstić information content (AvgIpc) is 2.99. The van der Waals surface area contributed by atoms with Gasteiger partial charge in [-0.15, -0.1) is 6.58 Å². The van der Waals surface area contributed by atoms with E-state index in [2.05, 4.69) is 16.6 Å². The summed E-state index contributed by atoms with van der Waals surface area (Å²) < 4.78 is 26.1. The van der Waals surface area contributed by atoms with Crippen molar-refractivity contribution < 1.29 is 27.9 Å². The van der Waals surface area contributed by atoms with E-state index in [0.29, 0.717) is 11.3 Å². The lowest BCUT2D eigenvalue weighted by atomic mass is 9.98. The monoisotopic (exact) mass is 632 g/mol. The number of nitrogens with zero attached hydrogens (tertiary/aromatic N) is 4. The Morgan fingerprint density at radius 1 is 1.00 bits per heavy atom. The van der Waals surface area contributed by atoms with Crippen molar-refractivity contribution >= 4 is 33.6 Å². The van der Waals surface area contributed by atoms with Gasteiger partial charge < -0.3 is 20.2 Å². The molecule has 2 aliphatic rings. The molecule has 0 saturated carbocycles. The lowest BCUT2D eigenvalue weighted by Gasteiger charge is -2.55. The first-order chi connectivity index (χ1) is 21.5. The predicted molar refractivity (Wildman–Crippen MR) is 169 cm³/mol. The molecule has 0 unspecified atom stereocenters. The van der Waals surface area contributed by atoms with E-state index in [1.54, 1.807) is 52.4 Å². The molecule has 13 heteroatoms. The summed E-state index contributed by atoms with van der Waals surface area (Å²) in [5, 5.41) is 15.9. The molecule has 4 amide bonds. The van der Waals surface area contributed by atoms with Gasteiger partial charge in [-0.1, -0.05) is 60.7 Å². The van der Waals surface area contributed by atoms with Gasteiger partial charge in [0.2, 0.25) is 21.8 Å². The third-order valence-electron chi connectivity index (χ3n) is 7.63. The third kappa shape index (κ3) is 7.62. The highest BCUT2D eigenvalue weighted by molar-refractivity contribution is 7.92. The first kappa shape index (κ1) is 31.5. The summed E-state index contributed by atoms with van der Waals surface area (Å²) in [5.41, 5.74) is 2.65. The zero-order valence-corrected chi connectivity index (χ0v) is 25.7. The molecule has 0 aliphatic carbocycles. The number of urea groups is 1. The number of anilines is 1. The second-order valence-electron chi connectivity index (χ2n) is 11.1. The molecule has 2 aliphatic heterocycles. The number of hydrazine groups is 1. The summed E-state index contributed by atoms with van der Waals surface area (Å²) in [6, 6.07) is 21.2. The van der Waals surface area contributed by atoms with E-state index in [4.69, 9.17) is 0 Å². The van der Waals surface area contributed by atoms with Crippen molar-refractivity contribution in [3.63, 3.8) is 0 Å². The minimum absolute atomic E-state index is 0.0206. The second-order valence-corrected chi connectivity index (χ2v) is 12.8. The first-order valence-corrected chi connectivity index (χ1v) is 16.3. The van der Waals surface area contributed by atoms with Gasteiger partial charge in [-0.25, -0.2) is 23.2 Å². The fourth-order valence-corrected chi connectivity index (χ4v) is 6.28. The number of sulfonamides is 1. The van der Waals surface area contributed by atoms with E-state index in [-0.39, 0.29) is 56.7 Å². The number of hydrogen-bond acceptors (Lipinski definition) is 7. The minimum atomic E-state index is -3.52. The van der Waals surface area contributed by atoms with Gasteiger partial charge in [0.05, 0.1) is 19.3 Å². The zero-order valence-electron chi connectivity index (χ0n) is 24.9. The van der Waals surface area contributed by atoms with Crippen molar-refractivity contribution in [2.75, 3.05) is 30.6 Å². The molecule has 3 N–H and O–H groups in total. The van der Waals surface area contributed by atoms with Crippen LogP contribution in [-0.4, -0.2) is 89.3 Å². The number of phenolic OH excluding ortho intramolecular Hbond substituents is 1. The number of nitrogens with one attached hydrogen (secondary N) is 2. The van der Waals surface area contributed by atoms with Crippen LogP contribution in [0.4, 0.5) is 10.5 Å². The van der Waals surface area contributed by atoms with Crippen molar-refractivity contribution in [1.29, 1.82) is 0 Å². The summed E-state index contributed by atoms with van der Waals surface area (Å²) in [7, 11) is -3.52. The summed E-state index contributed by atoms with van der Waals surface area (Å²) in [6.45, 7) is 4.31. The number of rotatable bonds is 10. The van der Waals surface area contributed by atoms with Crippen LogP contribution in [0, 0.1) is 0 Å². The maximum atomic E-state index is 14.1. The Balaban J connectivity index is 1.49. The van der Waals surface area contributed by atoms with Crippen molar-refractivity contribution in [2.45, 2.75) is 31.7 Å². The summed E-state index contributed by atoms with van der Waals surface area (Å²) in [4.78, 5) is 44.8. The van der Waals surface area contributed by atoms with Gasteiger partial charge in [0.25, 0.3) is 0 Å². The molecule has 12 nitrogen and oxygen atoms in total. The molecule has 0 bridgehead atoms. The molecule has 3 aromatic carbocycles. The van der Waals surface area contributed by atoms with Crippen LogP contribution < -0.4 is 10.0 Å². The van der Waals surface area contributed by atoms with E-state index >= 15 is 0 Å². The largest absolute Gasteiger partial charge is 0.508 e. The van der Waals surface area contributed by atoms with Gasteiger partial charge >= 0.3 is 6.03 Å². The minimum Gasteiger partial charge on any atom is -0.508 e. The Morgan fingerprint density at radius 3 is 2.40 bits per heavy atom. The molecular weight excluding hydrogens is 596 g/mol. The lowest BCUT2D eigenvalue weighted by molar-refractivity contribution is -0.189. The van der Waals surface area contributed by atoms with Gasteiger partial charge in [0.1, 0.15) is 18.0 Å². The molecule has 0 spiro atoms. The lowest BCUT2D eigenvalue weighted by Crippen LogP contribution is -2.76. The van der Waals surface area contributed by atoms with Gasteiger partial charge in [-0.3, -0.25) is 14.3 Å². The van der Waals surface area contributed by atoms with Crippen molar-refractivity contribution in [3.05, 3.63) is 108 Å². The highest BCUT2D eigenvalue weighted by Gasteiger charge is 2.51. The van der Waals surface area contributed by atoms with Crippen molar-refractivity contribution in [1.82, 2.24) is 25.1 Å². The molecule has 2 atom stereocenters. The molecule has 0 radical (unpaired) electrons. The molecular formula is C32H36N6O6S. The van der Waals surface area contributed by atoms with Crippen molar-refractivity contribution in [3.8, 4) is 5.75 Å². The van der Waals surface area contributed by atoms with Crippen LogP contribution >= 0.6 is 0 Å². The number of carbonyl (C=O) groups is 3. The highest BCUT2D eigenvalue weighted by atomic mass is 32.2. The van der Waals surface area contributed by atoms with Crippen LogP contribution in [0.3, 0.4) is 0 Å².